The minimum atomic E-state index is 0.0931. The molecular formula is C19H24N4O2. The van der Waals surface area contributed by atoms with Crippen molar-refractivity contribution in [2.24, 2.45) is 5.92 Å². The number of allylic oxidation sites excluding steroid dienone is 2. The predicted molar refractivity (Wildman–Crippen MR) is 94.9 cm³/mol. The number of nitrogens with one attached hydrogen (secondary N) is 1. The number of carbonyl (C=O) groups excluding carboxylic acids is 1. The molecule has 25 heavy (non-hydrogen) atoms. The van der Waals surface area contributed by atoms with Crippen LogP contribution in [0.4, 0.5) is 0 Å². The first-order valence-electron chi connectivity index (χ1n) is 8.73. The van der Waals surface area contributed by atoms with E-state index >= 15 is 0 Å². The highest BCUT2D eigenvalue weighted by Gasteiger charge is 2.17. The van der Waals surface area contributed by atoms with Gasteiger partial charge in [-0.05, 0) is 39.5 Å². The first-order valence-corrected chi connectivity index (χ1v) is 8.73. The first-order chi connectivity index (χ1) is 12.0. The van der Waals surface area contributed by atoms with Gasteiger partial charge in [-0.3, -0.25) is 4.79 Å². The maximum atomic E-state index is 12.1. The summed E-state index contributed by atoms with van der Waals surface area (Å²) in [6.07, 6.45) is 9.41. The SMILES string of the molecule is Cc1ncc(-c2onc(C)c2C)c(CCNC(=O)C[C@H]2C=CCC2)n1. The van der Waals surface area contributed by atoms with Crippen LogP contribution in [-0.2, 0) is 11.2 Å². The van der Waals surface area contributed by atoms with E-state index < -0.39 is 0 Å². The summed E-state index contributed by atoms with van der Waals surface area (Å²) in [5.74, 6) is 1.89. The van der Waals surface area contributed by atoms with Gasteiger partial charge >= 0.3 is 0 Å². The lowest BCUT2D eigenvalue weighted by atomic mass is 10.0. The zero-order chi connectivity index (χ0) is 17.8. The third-order valence-electron chi connectivity index (χ3n) is 4.63. The van der Waals surface area contributed by atoms with Crippen molar-refractivity contribution in [3.05, 3.63) is 41.1 Å². The molecule has 2 aromatic rings. The summed E-state index contributed by atoms with van der Waals surface area (Å²) in [6, 6.07) is 0. The molecule has 0 spiro atoms. The fourth-order valence-corrected chi connectivity index (χ4v) is 3.06. The van der Waals surface area contributed by atoms with Gasteiger partial charge in [0, 0.05) is 31.1 Å². The number of hydrogen-bond donors (Lipinski definition) is 1. The van der Waals surface area contributed by atoms with Crippen molar-refractivity contribution in [3.8, 4) is 11.3 Å². The van der Waals surface area contributed by atoms with Gasteiger partial charge in [0.25, 0.3) is 0 Å². The van der Waals surface area contributed by atoms with Crippen LogP contribution in [-0.4, -0.2) is 27.6 Å². The Hall–Kier alpha value is -2.50. The molecule has 1 aliphatic rings. The summed E-state index contributed by atoms with van der Waals surface area (Å²) in [4.78, 5) is 20.9. The van der Waals surface area contributed by atoms with Gasteiger partial charge in [-0.1, -0.05) is 17.3 Å². The Morgan fingerprint density at radius 1 is 1.36 bits per heavy atom. The van der Waals surface area contributed by atoms with Crippen molar-refractivity contribution in [2.45, 2.75) is 46.5 Å². The lowest BCUT2D eigenvalue weighted by Gasteiger charge is -2.10. The highest BCUT2D eigenvalue weighted by Crippen LogP contribution is 2.27. The largest absolute Gasteiger partial charge is 0.356 e. The van der Waals surface area contributed by atoms with Crippen molar-refractivity contribution in [1.29, 1.82) is 0 Å². The Bertz CT molecular complexity index is 795. The minimum Gasteiger partial charge on any atom is -0.356 e. The van der Waals surface area contributed by atoms with E-state index in [1.807, 2.05) is 20.8 Å². The van der Waals surface area contributed by atoms with Crippen LogP contribution < -0.4 is 5.32 Å². The normalized spacial score (nSPS) is 16.4. The molecule has 1 amide bonds. The molecule has 0 unspecified atom stereocenters. The standard InChI is InChI=1S/C19H24N4O2/c1-12-13(2)23-25-19(12)16-11-21-14(3)22-17(16)8-9-20-18(24)10-15-6-4-5-7-15/h4,6,11,15H,5,7-10H2,1-3H3,(H,20,24)/t15-/m0/s1. The number of aromatic nitrogens is 3. The van der Waals surface area contributed by atoms with Crippen molar-refractivity contribution in [3.63, 3.8) is 0 Å². The molecule has 0 aliphatic heterocycles. The molecule has 3 rings (SSSR count). The number of amides is 1. The average molecular weight is 340 g/mol. The summed E-state index contributed by atoms with van der Waals surface area (Å²) in [5, 5.41) is 7.01. The lowest BCUT2D eigenvalue weighted by molar-refractivity contribution is -0.121. The van der Waals surface area contributed by atoms with E-state index in [9.17, 15) is 4.79 Å². The highest BCUT2D eigenvalue weighted by molar-refractivity contribution is 5.76. The summed E-state index contributed by atoms with van der Waals surface area (Å²) in [7, 11) is 0. The Labute approximate surface area is 147 Å². The molecule has 1 aliphatic carbocycles. The monoisotopic (exact) mass is 340 g/mol. The summed E-state index contributed by atoms with van der Waals surface area (Å²) in [5.41, 5.74) is 3.56. The van der Waals surface area contributed by atoms with E-state index in [1.165, 1.54) is 0 Å². The second-order valence-electron chi connectivity index (χ2n) is 6.57. The Morgan fingerprint density at radius 2 is 2.20 bits per heavy atom. The van der Waals surface area contributed by atoms with Crippen LogP contribution >= 0.6 is 0 Å². The van der Waals surface area contributed by atoms with Gasteiger partial charge in [0.1, 0.15) is 5.82 Å². The molecule has 0 radical (unpaired) electrons. The molecule has 0 bridgehead atoms. The predicted octanol–water partition coefficient (Wildman–Crippen LogP) is 3.07. The Kier molecular flexibility index (Phi) is 5.26. The third kappa shape index (κ3) is 4.13. The number of carbonyl (C=O) groups is 1. The number of nitrogens with zero attached hydrogens (tertiary/aromatic N) is 3. The zero-order valence-corrected chi connectivity index (χ0v) is 15.0. The Morgan fingerprint density at radius 3 is 2.88 bits per heavy atom. The van der Waals surface area contributed by atoms with Gasteiger partial charge in [-0.2, -0.15) is 0 Å². The van der Waals surface area contributed by atoms with E-state index in [0.717, 1.165) is 35.4 Å². The lowest BCUT2D eigenvalue weighted by Crippen LogP contribution is -2.27. The van der Waals surface area contributed by atoms with Crippen LogP contribution in [0.3, 0.4) is 0 Å². The van der Waals surface area contributed by atoms with Crippen LogP contribution in [0, 0.1) is 26.7 Å². The van der Waals surface area contributed by atoms with Crippen LogP contribution in [0.15, 0.2) is 22.9 Å². The van der Waals surface area contributed by atoms with Crippen molar-refractivity contribution in [2.75, 3.05) is 6.54 Å². The molecule has 1 atom stereocenters. The van der Waals surface area contributed by atoms with E-state index in [0.29, 0.717) is 36.9 Å². The number of rotatable bonds is 6. The molecule has 2 heterocycles. The van der Waals surface area contributed by atoms with Crippen LogP contribution in [0.5, 0.6) is 0 Å². The first kappa shape index (κ1) is 17.3. The van der Waals surface area contributed by atoms with E-state index in [2.05, 4.69) is 32.6 Å². The van der Waals surface area contributed by atoms with E-state index in [4.69, 9.17) is 4.52 Å². The fourth-order valence-electron chi connectivity index (χ4n) is 3.06. The molecule has 1 N–H and O–H groups in total. The number of aryl methyl sites for hydroxylation is 2. The van der Waals surface area contributed by atoms with Crippen molar-refractivity contribution < 1.29 is 9.32 Å². The summed E-state index contributed by atoms with van der Waals surface area (Å²) >= 11 is 0. The molecule has 0 saturated heterocycles. The van der Waals surface area contributed by atoms with E-state index in [-0.39, 0.29) is 5.91 Å². The summed E-state index contributed by atoms with van der Waals surface area (Å²) < 4.78 is 5.45. The zero-order valence-electron chi connectivity index (χ0n) is 15.0. The van der Waals surface area contributed by atoms with Gasteiger partial charge in [0.2, 0.25) is 5.91 Å². The molecule has 2 aromatic heterocycles. The van der Waals surface area contributed by atoms with Gasteiger partial charge in [0.15, 0.2) is 5.76 Å². The average Bonchev–Trinajstić information content (AvgIpc) is 3.19. The molecule has 0 saturated carbocycles. The van der Waals surface area contributed by atoms with Crippen molar-refractivity contribution >= 4 is 5.91 Å². The molecule has 0 aromatic carbocycles. The molecule has 6 nitrogen and oxygen atoms in total. The topological polar surface area (TPSA) is 80.9 Å². The maximum Gasteiger partial charge on any atom is 0.220 e. The minimum absolute atomic E-state index is 0.0931. The van der Waals surface area contributed by atoms with Crippen LogP contribution in [0.25, 0.3) is 11.3 Å². The molecule has 0 fully saturated rings. The summed E-state index contributed by atoms with van der Waals surface area (Å²) in [6.45, 7) is 6.29. The van der Waals surface area contributed by atoms with Gasteiger partial charge in [-0.25, -0.2) is 9.97 Å². The van der Waals surface area contributed by atoms with Gasteiger partial charge in [0.05, 0.1) is 17.0 Å². The van der Waals surface area contributed by atoms with Gasteiger partial charge < -0.3 is 9.84 Å². The highest BCUT2D eigenvalue weighted by atomic mass is 16.5. The van der Waals surface area contributed by atoms with Gasteiger partial charge in [-0.15, -0.1) is 0 Å². The smallest absolute Gasteiger partial charge is 0.220 e. The molecular weight excluding hydrogens is 316 g/mol. The second-order valence-corrected chi connectivity index (χ2v) is 6.57. The third-order valence-corrected chi connectivity index (χ3v) is 4.63. The maximum absolute atomic E-state index is 12.1. The number of hydrogen-bond acceptors (Lipinski definition) is 5. The Balaban J connectivity index is 1.65. The molecule has 132 valence electrons. The fraction of sp³-hybridized carbons (Fsp3) is 0.474. The molecule has 6 heteroatoms. The van der Waals surface area contributed by atoms with Crippen LogP contribution in [0.1, 0.15) is 42.0 Å². The second kappa shape index (κ2) is 7.59. The quantitative estimate of drug-likeness (QED) is 0.817. The van der Waals surface area contributed by atoms with Crippen molar-refractivity contribution in [1.82, 2.24) is 20.4 Å². The van der Waals surface area contributed by atoms with E-state index in [1.54, 1.807) is 6.20 Å². The van der Waals surface area contributed by atoms with Crippen LogP contribution in [0.2, 0.25) is 0 Å².